The standard InChI is InChI=1S/C14H12Cl2O2/c15-13(17,11-7-3-1-4-8-11)14(16,18)12-9-5-2-6-10-12/h1-10,17-18H. The molecule has 2 aromatic rings. The molecule has 0 aliphatic carbocycles. The van der Waals surface area contributed by atoms with Crippen molar-refractivity contribution in [3.05, 3.63) is 71.8 Å². The monoisotopic (exact) mass is 282 g/mol. The lowest BCUT2D eigenvalue weighted by molar-refractivity contribution is -0.0518. The Balaban J connectivity index is 2.47. The number of benzene rings is 2. The fourth-order valence-electron chi connectivity index (χ4n) is 1.70. The highest BCUT2D eigenvalue weighted by atomic mass is 35.5. The lowest BCUT2D eigenvalue weighted by Gasteiger charge is -2.34. The summed E-state index contributed by atoms with van der Waals surface area (Å²) in [5, 5.41) is 16.5. The van der Waals surface area contributed by atoms with Gasteiger partial charge in [0.15, 0.2) is 0 Å². The molecule has 0 fully saturated rings. The Morgan fingerprint density at radius 1 is 0.611 bits per heavy atom. The Kier molecular flexibility index (Phi) is 3.64. The summed E-state index contributed by atoms with van der Waals surface area (Å²) >= 11 is 12.1. The molecule has 2 unspecified atom stereocenters. The van der Waals surface area contributed by atoms with E-state index in [1.165, 1.54) is 0 Å². The zero-order chi connectivity index (χ0) is 13.2. The number of hydrogen-bond donors (Lipinski definition) is 2. The van der Waals surface area contributed by atoms with Crippen LogP contribution in [0.25, 0.3) is 0 Å². The third-order valence-corrected chi connectivity index (χ3v) is 3.83. The van der Waals surface area contributed by atoms with Gasteiger partial charge >= 0.3 is 0 Å². The molecule has 4 heteroatoms. The smallest absolute Gasteiger partial charge is 0.212 e. The first kappa shape index (κ1) is 13.4. The summed E-state index contributed by atoms with van der Waals surface area (Å²) in [5.74, 6) is 0. The highest BCUT2D eigenvalue weighted by Gasteiger charge is 2.49. The molecular weight excluding hydrogens is 271 g/mol. The van der Waals surface area contributed by atoms with Gasteiger partial charge in [-0.25, -0.2) is 0 Å². The first-order valence-electron chi connectivity index (χ1n) is 5.40. The molecular formula is C14H12Cl2O2. The molecule has 0 aliphatic heterocycles. The van der Waals surface area contributed by atoms with Crippen molar-refractivity contribution in [3.8, 4) is 0 Å². The Morgan fingerprint density at radius 3 is 1.17 bits per heavy atom. The minimum absolute atomic E-state index is 0.327. The molecule has 2 rings (SSSR count). The maximum absolute atomic E-state index is 10.4. The molecule has 0 heterocycles. The molecule has 0 saturated heterocycles. The van der Waals surface area contributed by atoms with Gasteiger partial charge in [-0.1, -0.05) is 83.9 Å². The fraction of sp³-hybridized carbons (Fsp3) is 0.143. The third-order valence-electron chi connectivity index (χ3n) is 2.75. The second kappa shape index (κ2) is 4.90. The van der Waals surface area contributed by atoms with E-state index >= 15 is 0 Å². The molecule has 0 spiro atoms. The summed E-state index contributed by atoms with van der Waals surface area (Å²) < 4.78 is 0. The van der Waals surface area contributed by atoms with E-state index in [-0.39, 0.29) is 0 Å². The summed E-state index contributed by atoms with van der Waals surface area (Å²) in [7, 11) is 0. The van der Waals surface area contributed by atoms with Gasteiger partial charge in [-0.15, -0.1) is 0 Å². The zero-order valence-corrected chi connectivity index (χ0v) is 10.9. The maximum atomic E-state index is 10.4. The van der Waals surface area contributed by atoms with Crippen molar-refractivity contribution >= 4 is 23.2 Å². The van der Waals surface area contributed by atoms with Crippen molar-refractivity contribution in [2.45, 2.75) is 10.1 Å². The largest absolute Gasteiger partial charge is 0.367 e. The van der Waals surface area contributed by atoms with Crippen molar-refractivity contribution in [3.63, 3.8) is 0 Å². The van der Waals surface area contributed by atoms with E-state index in [0.29, 0.717) is 11.1 Å². The molecule has 0 saturated carbocycles. The van der Waals surface area contributed by atoms with E-state index in [4.69, 9.17) is 23.2 Å². The second-order valence-corrected chi connectivity index (χ2v) is 5.07. The molecule has 0 amide bonds. The highest BCUT2D eigenvalue weighted by Crippen LogP contribution is 2.46. The summed E-state index contributed by atoms with van der Waals surface area (Å²) in [4.78, 5) is 0. The fourth-order valence-corrected chi connectivity index (χ4v) is 2.17. The maximum Gasteiger partial charge on any atom is 0.212 e. The van der Waals surface area contributed by atoms with Gasteiger partial charge in [-0.05, 0) is 0 Å². The normalized spacial score (nSPS) is 17.8. The SMILES string of the molecule is OC(Cl)(c1ccccc1)C(O)(Cl)c1ccccc1. The van der Waals surface area contributed by atoms with Gasteiger partial charge in [0.1, 0.15) is 0 Å². The molecule has 2 nitrogen and oxygen atoms in total. The van der Waals surface area contributed by atoms with Crippen LogP contribution in [0.1, 0.15) is 11.1 Å². The van der Waals surface area contributed by atoms with Gasteiger partial charge < -0.3 is 10.2 Å². The Labute approximate surface area is 115 Å². The molecule has 2 atom stereocenters. The van der Waals surface area contributed by atoms with Crippen LogP contribution in [-0.2, 0) is 10.1 Å². The predicted molar refractivity (Wildman–Crippen MR) is 72.4 cm³/mol. The Morgan fingerprint density at radius 2 is 0.889 bits per heavy atom. The highest BCUT2D eigenvalue weighted by molar-refractivity contribution is 6.33. The first-order valence-corrected chi connectivity index (χ1v) is 6.15. The summed E-state index contributed by atoms with van der Waals surface area (Å²) in [6, 6.07) is 16.8. The molecule has 2 N–H and O–H groups in total. The summed E-state index contributed by atoms with van der Waals surface area (Å²) in [5.41, 5.74) is 0.654. The van der Waals surface area contributed by atoms with Crippen molar-refractivity contribution in [2.24, 2.45) is 0 Å². The van der Waals surface area contributed by atoms with Crippen molar-refractivity contribution < 1.29 is 10.2 Å². The minimum atomic E-state index is -2.11. The molecule has 0 aliphatic rings. The number of halogens is 2. The van der Waals surface area contributed by atoms with Crippen LogP contribution < -0.4 is 0 Å². The summed E-state index contributed by atoms with van der Waals surface area (Å²) in [6.45, 7) is 0. The molecule has 18 heavy (non-hydrogen) atoms. The predicted octanol–water partition coefficient (Wildman–Crippen LogP) is 3.15. The van der Waals surface area contributed by atoms with Gasteiger partial charge in [0, 0.05) is 11.1 Å². The van der Waals surface area contributed by atoms with Crippen LogP contribution in [0.3, 0.4) is 0 Å². The van der Waals surface area contributed by atoms with Crippen LogP contribution >= 0.6 is 23.2 Å². The number of hydrogen-bond acceptors (Lipinski definition) is 2. The zero-order valence-electron chi connectivity index (χ0n) is 9.42. The van der Waals surface area contributed by atoms with Gasteiger partial charge in [0.05, 0.1) is 0 Å². The van der Waals surface area contributed by atoms with Crippen LogP contribution in [0.4, 0.5) is 0 Å². The third kappa shape index (κ3) is 2.25. The van der Waals surface area contributed by atoms with E-state index in [1.807, 2.05) is 0 Å². The van der Waals surface area contributed by atoms with Crippen molar-refractivity contribution in [1.82, 2.24) is 0 Å². The van der Waals surface area contributed by atoms with E-state index in [9.17, 15) is 10.2 Å². The van der Waals surface area contributed by atoms with E-state index in [1.54, 1.807) is 60.7 Å². The number of alkyl halides is 2. The molecule has 0 radical (unpaired) electrons. The quantitative estimate of drug-likeness (QED) is 0.849. The van der Waals surface area contributed by atoms with Crippen molar-refractivity contribution in [2.75, 3.05) is 0 Å². The van der Waals surface area contributed by atoms with Crippen LogP contribution in [-0.4, -0.2) is 10.2 Å². The minimum Gasteiger partial charge on any atom is -0.367 e. The Hall–Kier alpha value is -1.06. The van der Waals surface area contributed by atoms with Gasteiger partial charge in [-0.2, -0.15) is 0 Å². The molecule has 94 valence electrons. The average Bonchev–Trinajstić information content (AvgIpc) is 2.40. The summed E-state index contributed by atoms with van der Waals surface area (Å²) in [6.07, 6.45) is 0. The molecule has 0 bridgehead atoms. The van der Waals surface area contributed by atoms with Gasteiger partial charge in [0.25, 0.3) is 0 Å². The van der Waals surface area contributed by atoms with E-state index in [2.05, 4.69) is 0 Å². The van der Waals surface area contributed by atoms with Crippen LogP contribution in [0, 0.1) is 0 Å². The molecule has 2 aromatic carbocycles. The second-order valence-electron chi connectivity index (χ2n) is 3.98. The van der Waals surface area contributed by atoms with E-state index < -0.39 is 10.1 Å². The van der Waals surface area contributed by atoms with Gasteiger partial charge in [0.2, 0.25) is 10.1 Å². The lowest BCUT2D eigenvalue weighted by atomic mass is 9.97. The average molecular weight is 283 g/mol. The van der Waals surface area contributed by atoms with Crippen LogP contribution in [0.15, 0.2) is 60.7 Å². The molecule has 0 aromatic heterocycles. The Bertz CT molecular complexity index is 460. The van der Waals surface area contributed by atoms with Crippen LogP contribution in [0.2, 0.25) is 0 Å². The van der Waals surface area contributed by atoms with Crippen LogP contribution in [0.5, 0.6) is 0 Å². The van der Waals surface area contributed by atoms with E-state index in [0.717, 1.165) is 0 Å². The number of rotatable bonds is 3. The topological polar surface area (TPSA) is 40.5 Å². The van der Waals surface area contributed by atoms with Gasteiger partial charge in [-0.3, -0.25) is 0 Å². The van der Waals surface area contributed by atoms with Crippen molar-refractivity contribution in [1.29, 1.82) is 0 Å². The number of aliphatic hydroxyl groups is 2. The first-order chi connectivity index (χ1) is 8.46. The lowest BCUT2D eigenvalue weighted by Crippen LogP contribution is -2.40.